The van der Waals surface area contributed by atoms with Crippen molar-refractivity contribution in [1.29, 1.82) is 0 Å². The molecule has 172 valence electrons. The van der Waals surface area contributed by atoms with Crippen LogP contribution in [0.15, 0.2) is 6.33 Å². The summed E-state index contributed by atoms with van der Waals surface area (Å²) in [5.41, 5.74) is -1.33. The van der Waals surface area contributed by atoms with E-state index >= 15 is 0 Å². The number of halogens is 1. The van der Waals surface area contributed by atoms with Crippen LogP contribution in [0.1, 0.15) is 58.6 Å². The summed E-state index contributed by atoms with van der Waals surface area (Å²) in [5, 5.41) is 13.1. The Labute approximate surface area is 184 Å². The van der Waals surface area contributed by atoms with Crippen molar-refractivity contribution in [1.82, 2.24) is 19.5 Å². The fourth-order valence-electron chi connectivity index (χ4n) is 3.41. The number of rotatable bonds is 9. The number of hydrogen-bond acceptors (Lipinski definition) is 8. The van der Waals surface area contributed by atoms with Crippen molar-refractivity contribution in [3.8, 4) is 12.3 Å². The molecule has 3 rings (SSSR count). The third-order valence-electron chi connectivity index (χ3n) is 5.18. The van der Waals surface area contributed by atoms with Crippen LogP contribution in [0.5, 0.6) is 0 Å². The van der Waals surface area contributed by atoms with E-state index in [0.29, 0.717) is 12.8 Å². The molecule has 0 saturated carbocycles. The van der Waals surface area contributed by atoms with Crippen LogP contribution >= 0.6 is 0 Å². The zero-order valence-electron chi connectivity index (χ0n) is 18.0. The van der Waals surface area contributed by atoms with Gasteiger partial charge in [0.2, 0.25) is 5.91 Å². The van der Waals surface area contributed by atoms with Gasteiger partial charge in [0.25, 0.3) is 0 Å². The smallest absolute Gasteiger partial charge is 0.312 e. The second-order valence-corrected chi connectivity index (χ2v) is 7.59. The molecule has 0 radical (unpaired) electrons. The van der Waals surface area contributed by atoms with Gasteiger partial charge in [0.05, 0.1) is 6.33 Å². The molecule has 2 aromatic rings. The molecule has 11 heteroatoms. The lowest BCUT2D eigenvalue weighted by Gasteiger charge is -2.26. The molecule has 1 fully saturated rings. The molecule has 1 aliphatic heterocycles. The molecule has 0 aliphatic carbocycles. The van der Waals surface area contributed by atoms with Gasteiger partial charge in [-0.2, -0.15) is 14.4 Å². The first kappa shape index (κ1) is 23.6. The Bertz CT molecular complexity index is 1040. The number of anilines is 1. The van der Waals surface area contributed by atoms with E-state index in [1.54, 1.807) is 0 Å². The van der Waals surface area contributed by atoms with Gasteiger partial charge in [-0.25, -0.2) is 4.98 Å². The Morgan fingerprint density at radius 1 is 1.41 bits per heavy atom. The van der Waals surface area contributed by atoms with E-state index in [-0.39, 0.29) is 48.8 Å². The lowest BCUT2D eigenvalue weighted by Crippen LogP contribution is -2.43. The fourth-order valence-corrected chi connectivity index (χ4v) is 3.41. The number of aliphatic hydroxyl groups excluding tert-OH is 1. The van der Waals surface area contributed by atoms with Crippen molar-refractivity contribution >= 4 is 28.9 Å². The second kappa shape index (κ2) is 10.0. The van der Waals surface area contributed by atoms with Gasteiger partial charge in [-0.1, -0.05) is 26.2 Å². The van der Waals surface area contributed by atoms with Gasteiger partial charge in [-0.15, -0.1) is 6.42 Å². The predicted octanol–water partition coefficient (Wildman–Crippen LogP) is 2.09. The molecule has 32 heavy (non-hydrogen) atoms. The first-order valence-corrected chi connectivity index (χ1v) is 10.5. The van der Waals surface area contributed by atoms with Crippen LogP contribution in [-0.4, -0.2) is 54.8 Å². The van der Waals surface area contributed by atoms with Gasteiger partial charge in [0.15, 0.2) is 22.6 Å². The average molecular weight is 447 g/mol. The minimum absolute atomic E-state index is 0.0331. The molecule has 3 atom stereocenters. The number of carbonyl (C=O) groups excluding carboxylic acids is 2. The fraction of sp³-hybridized carbons (Fsp3) is 0.571. The highest BCUT2D eigenvalue weighted by Gasteiger charge is 2.49. The highest BCUT2D eigenvalue weighted by atomic mass is 19.1. The molecule has 1 saturated heterocycles. The number of nitrogens with one attached hydrogen (secondary N) is 1. The van der Waals surface area contributed by atoms with Crippen molar-refractivity contribution in [3.63, 3.8) is 0 Å². The number of amides is 1. The van der Waals surface area contributed by atoms with E-state index in [1.807, 2.05) is 13.8 Å². The van der Waals surface area contributed by atoms with Gasteiger partial charge in [0, 0.05) is 19.3 Å². The predicted molar refractivity (Wildman–Crippen MR) is 112 cm³/mol. The van der Waals surface area contributed by atoms with Gasteiger partial charge in [-0.05, 0) is 12.8 Å². The van der Waals surface area contributed by atoms with Crippen LogP contribution in [0.3, 0.4) is 0 Å². The number of carbonyl (C=O) groups is 2. The molecule has 3 heterocycles. The number of aromatic nitrogens is 4. The lowest BCUT2D eigenvalue weighted by molar-refractivity contribution is -0.156. The summed E-state index contributed by atoms with van der Waals surface area (Å²) in [6.07, 6.45) is 6.55. The minimum Gasteiger partial charge on any atom is -0.461 e. The Morgan fingerprint density at radius 3 is 2.88 bits per heavy atom. The summed E-state index contributed by atoms with van der Waals surface area (Å²) < 4.78 is 26.6. The molecular formula is C21H26FN5O5. The summed E-state index contributed by atoms with van der Waals surface area (Å²) in [6, 6.07) is 0. The monoisotopic (exact) mass is 447 g/mol. The molecule has 0 unspecified atom stereocenters. The first-order chi connectivity index (χ1) is 15.3. The van der Waals surface area contributed by atoms with Crippen molar-refractivity contribution < 1.29 is 28.6 Å². The third-order valence-corrected chi connectivity index (χ3v) is 5.18. The zero-order valence-corrected chi connectivity index (χ0v) is 18.0. The van der Waals surface area contributed by atoms with Gasteiger partial charge >= 0.3 is 12.0 Å². The summed E-state index contributed by atoms with van der Waals surface area (Å²) in [4.78, 5) is 35.4. The summed E-state index contributed by atoms with van der Waals surface area (Å²) in [7, 11) is 0. The number of hydrogen-bond donors (Lipinski definition) is 2. The Hall–Kier alpha value is -3.10. The van der Waals surface area contributed by atoms with E-state index in [2.05, 4.69) is 26.2 Å². The average Bonchev–Trinajstić information content (AvgIpc) is 3.32. The topological polar surface area (TPSA) is 128 Å². The van der Waals surface area contributed by atoms with Crippen LogP contribution in [0.2, 0.25) is 0 Å². The highest BCUT2D eigenvalue weighted by molar-refractivity contribution is 5.96. The molecular weight excluding hydrogens is 421 g/mol. The van der Waals surface area contributed by atoms with Crippen LogP contribution in [-0.2, 0) is 19.1 Å². The SMILES string of the molecule is C#C[C@]1(COC(=O)CCCC)O[C@@H](n2cnc3c(NC(=O)CCC)nc(F)nc32)C[C@@H]1O. The van der Waals surface area contributed by atoms with E-state index in [9.17, 15) is 19.1 Å². The summed E-state index contributed by atoms with van der Waals surface area (Å²) in [6.45, 7) is 3.47. The largest absolute Gasteiger partial charge is 0.461 e. The minimum atomic E-state index is -1.56. The molecule has 0 aromatic carbocycles. The zero-order chi connectivity index (χ0) is 23.3. The first-order valence-electron chi connectivity index (χ1n) is 10.5. The Balaban J connectivity index is 1.83. The summed E-state index contributed by atoms with van der Waals surface area (Å²) >= 11 is 0. The van der Waals surface area contributed by atoms with Crippen LogP contribution in [0.4, 0.5) is 10.2 Å². The van der Waals surface area contributed by atoms with E-state index in [4.69, 9.17) is 15.9 Å². The quantitative estimate of drug-likeness (QED) is 0.340. The maximum absolute atomic E-state index is 14.1. The Morgan fingerprint density at radius 2 is 2.19 bits per heavy atom. The number of fused-ring (bicyclic) bond motifs is 1. The maximum atomic E-state index is 14.1. The number of ether oxygens (including phenoxy) is 2. The van der Waals surface area contributed by atoms with Crippen molar-refractivity contribution in [3.05, 3.63) is 12.4 Å². The molecule has 2 N–H and O–H groups in total. The van der Waals surface area contributed by atoms with Crippen LogP contribution in [0.25, 0.3) is 11.2 Å². The number of unbranched alkanes of at least 4 members (excludes halogenated alkanes) is 1. The normalized spacial score (nSPS) is 22.6. The van der Waals surface area contributed by atoms with Crippen molar-refractivity contribution in [2.75, 3.05) is 11.9 Å². The Kier molecular flexibility index (Phi) is 7.37. The molecule has 1 amide bonds. The van der Waals surface area contributed by atoms with E-state index in [1.165, 1.54) is 10.9 Å². The molecule has 0 spiro atoms. The second-order valence-electron chi connectivity index (χ2n) is 7.59. The van der Waals surface area contributed by atoms with Gasteiger partial charge in [0.1, 0.15) is 18.9 Å². The number of nitrogens with zero attached hydrogens (tertiary/aromatic N) is 4. The van der Waals surface area contributed by atoms with Crippen molar-refractivity contribution in [2.24, 2.45) is 0 Å². The van der Waals surface area contributed by atoms with Crippen LogP contribution < -0.4 is 5.32 Å². The van der Waals surface area contributed by atoms with E-state index < -0.39 is 30.0 Å². The number of terminal acetylenes is 1. The standard InChI is InChI=1S/C21H26FN5O5/c1-4-7-9-16(30)31-11-21(6-3)13(28)10-15(32-21)27-12-23-17-18(24-14(29)8-5-2)25-20(22)26-19(17)27/h3,12-13,15,28H,4-5,7-11H2,1-2H3,(H,24,25,26,29)/t13-,15+,21+/m0/s1. The molecule has 2 aromatic heterocycles. The highest BCUT2D eigenvalue weighted by Crippen LogP contribution is 2.38. The van der Waals surface area contributed by atoms with Gasteiger partial charge in [-0.3, -0.25) is 14.2 Å². The number of esters is 1. The number of imidazole rings is 1. The van der Waals surface area contributed by atoms with Gasteiger partial charge < -0.3 is 19.9 Å². The number of aliphatic hydroxyl groups is 1. The summed E-state index contributed by atoms with van der Waals surface area (Å²) in [5.74, 6) is 1.57. The lowest BCUT2D eigenvalue weighted by atomic mass is 9.99. The van der Waals surface area contributed by atoms with Crippen LogP contribution in [0, 0.1) is 18.4 Å². The third kappa shape index (κ3) is 4.87. The van der Waals surface area contributed by atoms with E-state index in [0.717, 1.165) is 6.42 Å². The molecule has 0 bridgehead atoms. The molecule has 10 nitrogen and oxygen atoms in total. The maximum Gasteiger partial charge on any atom is 0.312 e. The molecule has 1 aliphatic rings. The van der Waals surface area contributed by atoms with Crippen molar-refractivity contribution in [2.45, 2.75) is 70.3 Å².